The summed E-state index contributed by atoms with van der Waals surface area (Å²) in [7, 11) is -3.93. The van der Waals surface area contributed by atoms with E-state index in [2.05, 4.69) is 5.43 Å². The molecule has 0 unspecified atom stereocenters. The number of nitrogens with zero attached hydrogens (tertiary/aromatic N) is 3. The Bertz CT molecular complexity index is 296. The van der Waals surface area contributed by atoms with E-state index in [0.29, 0.717) is 20.0 Å². The number of nitrogens with one attached hydrogen (secondary N) is 1. The van der Waals surface area contributed by atoms with Crippen LogP contribution in [0.3, 0.4) is 0 Å². The topological polar surface area (TPSA) is 76.1 Å². The normalized spacial score (nSPS) is 20.7. The Balaban J connectivity index is 0.00000225. The van der Waals surface area contributed by atoms with Crippen molar-refractivity contribution in [3.63, 3.8) is 0 Å². The predicted molar refractivity (Wildman–Crippen MR) is 63.4 cm³/mol. The van der Waals surface area contributed by atoms with E-state index in [9.17, 15) is 8.42 Å². The van der Waals surface area contributed by atoms with Crippen molar-refractivity contribution in [2.75, 3.05) is 32.3 Å². The molecule has 0 aliphatic carbocycles. The van der Waals surface area contributed by atoms with Crippen molar-refractivity contribution in [2.45, 2.75) is 0 Å². The second-order valence-corrected chi connectivity index (χ2v) is 5.61. The Hall–Kier alpha value is 1.33. The summed E-state index contributed by atoms with van der Waals surface area (Å²) in [6.07, 6.45) is 0. The molecule has 11 heteroatoms. The van der Waals surface area contributed by atoms with Gasteiger partial charge in [0.25, 0.3) is 10.1 Å². The van der Waals surface area contributed by atoms with Crippen molar-refractivity contribution in [3.8, 4) is 0 Å². The van der Waals surface area contributed by atoms with Crippen LogP contribution in [0.1, 0.15) is 0 Å². The molecule has 1 fully saturated rings. The molecule has 2 N–H and O–H groups in total. The molecule has 0 radical (unpaired) electrons. The van der Waals surface area contributed by atoms with Crippen LogP contribution in [0.5, 0.6) is 0 Å². The van der Waals surface area contributed by atoms with Crippen molar-refractivity contribution in [1.29, 1.82) is 0 Å². The SMILES string of the molecule is O=S(=O)(O)CCNN1CN(Cl)CN(Cl)C1.[NaH]. The number of hydrogen-bond acceptors (Lipinski definition) is 6. The van der Waals surface area contributed by atoms with Gasteiger partial charge in [0, 0.05) is 6.54 Å². The van der Waals surface area contributed by atoms with E-state index in [1.54, 1.807) is 5.01 Å². The zero-order chi connectivity index (χ0) is 11.5. The maximum atomic E-state index is 10.4. The molecule has 1 rings (SSSR count). The van der Waals surface area contributed by atoms with Gasteiger partial charge in [-0.2, -0.15) is 17.3 Å². The summed E-state index contributed by atoms with van der Waals surface area (Å²) in [5.74, 6) is -0.353. The average molecular weight is 303 g/mol. The summed E-state index contributed by atoms with van der Waals surface area (Å²) in [5.41, 5.74) is 2.78. The van der Waals surface area contributed by atoms with Gasteiger partial charge in [-0.25, -0.2) is 5.01 Å². The first kappa shape index (κ1) is 17.3. The van der Waals surface area contributed by atoms with Crippen LogP contribution >= 0.6 is 23.6 Å². The standard InChI is InChI=1S/C5H12Cl2N4O3S.Na.H/c6-9-3-10(7)5-11(4-9)8-1-2-15(12,13)14;;/h8H,1-5H2,(H,12,13,14);;. The van der Waals surface area contributed by atoms with E-state index in [1.165, 1.54) is 8.84 Å². The summed E-state index contributed by atoms with van der Waals surface area (Å²) in [4.78, 5) is 0. The molecule has 1 aliphatic heterocycles. The minimum absolute atomic E-state index is 0. The number of hydrogen-bond donors (Lipinski definition) is 2. The molecule has 92 valence electrons. The fraction of sp³-hybridized carbons (Fsp3) is 1.00. The molecular weight excluding hydrogens is 290 g/mol. The Labute approximate surface area is 127 Å². The van der Waals surface area contributed by atoms with Crippen molar-refractivity contribution in [1.82, 2.24) is 19.3 Å². The van der Waals surface area contributed by atoms with Gasteiger partial charge in [0.15, 0.2) is 0 Å². The second kappa shape index (κ2) is 7.70. The van der Waals surface area contributed by atoms with E-state index in [1.807, 2.05) is 0 Å². The molecule has 1 saturated heterocycles. The third-order valence-electron chi connectivity index (χ3n) is 1.65. The van der Waals surface area contributed by atoms with Gasteiger partial charge < -0.3 is 0 Å². The fourth-order valence-electron chi connectivity index (χ4n) is 1.10. The molecule has 0 bridgehead atoms. The monoisotopic (exact) mass is 302 g/mol. The fourth-order valence-corrected chi connectivity index (χ4v) is 2.02. The summed E-state index contributed by atoms with van der Waals surface area (Å²) in [5, 5.41) is 1.63. The van der Waals surface area contributed by atoms with Crippen LogP contribution in [0.25, 0.3) is 0 Å². The number of halogens is 2. The molecule has 0 atom stereocenters. The van der Waals surface area contributed by atoms with E-state index in [4.69, 9.17) is 28.1 Å². The molecule has 0 aromatic heterocycles. The predicted octanol–water partition coefficient (Wildman–Crippen LogP) is -1.17. The van der Waals surface area contributed by atoms with Crippen LogP contribution in [0.15, 0.2) is 0 Å². The molecule has 0 aromatic carbocycles. The molecule has 16 heavy (non-hydrogen) atoms. The summed E-state index contributed by atoms with van der Waals surface area (Å²) < 4.78 is 32.2. The first-order chi connectivity index (χ1) is 6.87. The van der Waals surface area contributed by atoms with Crippen molar-refractivity contribution >= 4 is 63.2 Å². The van der Waals surface area contributed by atoms with Crippen LogP contribution in [-0.4, -0.2) is 88.7 Å². The van der Waals surface area contributed by atoms with Gasteiger partial charge in [-0.05, 0) is 23.6 Å². The van der Waals surface area contributed by atoms with Gasteiger partial charge in [-0.15, -0.1) is 0 Å². The first-order valence-corrected chi connectivity index (χ1v) is 6.40. The molecule has 1 aliphatic rings. The molecule has 7 nitrogen and oxygen atoms in total. The van der Waals surface area contributed by atoms with Crippen molar-refractivity contribution < 1.29 is 13.0 Å². The van der Waals surface area contributed by atoms with Gasteiger partial charge in [0.1, 0.15) is 0 Å². The Kier molecular flexibility index (Phi) is 8.34. The zero-order valence-corrected chi connectivity index (χ0v) is 10.1. The number of rotatable bonds is 4. The Morgan fingerprint density at radius 3 is 2.12 bits per heavy atom. The molecule has 0 spiro atoms. The van der Waals surface area contributed by atoms with Gasteiger partial charge in [0.2, 0.25) is 0 Å². The van der Waals surface area contributed by atoms with Gasteiger partial charge in [-0.3, -0.25) is 9.98 Å². The van der Waals surface area contributed by atoms with Gasteiger partial charge in [-0.1, -0.05) is 0 Å². The third kappa shape index (κ3) is 7.62. The molecule has 0 saturated carbocycles. The summed E-state index contributed by atoms with van der Waals surface area (Å²) >= 11 is 11.5. The molecule has 0 aromatic rings. The Morgan fingerprint density at radius 1 is 1.19 bits per heavy atom. The summed E-state index contributed by atoms with van der Waals surface area (Å²) in [6.45, 7) is 1.35. The van der Waals surface area contributed by atoms with E-state index >= 15 is 0 Å². The van der Waals surface area contributed by atoms with Gasteiger partial charge in [0.05, 0.1) is 25.8 Å². The zero-order valence-electron chi connectivity index (χ0n) is 7.81. The maximum absolute atomic E-state index is 10.4. The molecule has 0 amide bonds. The van der Waals surface area contributed by atoms with E-state index in [-0.39, 0.29) is 41.9 Å². The quantitative estimate of drug-likeness (QED) is 0.385. The molecule has 1 heterocycles. The Morgan fingerprint density at radius 2 is 1.69 bits per heavy atom. The molecular formula is C5H13Cl2N4NaO3S. The van der Waals surface area contributed by atoms with E-state index < -0.39 is 10.1 Å². The van der Waals surface area contributed by atoms with Crippen molar-refractivity contribution in [3.05, 3.63) is 0 Å². The van der Waals surface area contributed by atoms with Crippen LogP contribution in [0.4, 0.5) is 0 Å². The van der Waals surface area contributed by atoms with Crippen LogP contribution in [0, 0.1) is 0 Å². The van der Waals surface area contributed by atoms with Crippen LogP contribution in [0.2, 0.25) is 0 Å². The van der Waals surface area contributed by atoms with Gasteiger partial charge >= 0.3 is 29.6 Å². The summed E-state index contributed by atoms with van der Waals surface area (Å²) in [6, 6.07) is 0. The van der Waals surface area contributed by atoms with E-state index in [0.717, 1.165) is 0 Å². The van der Waals surface area contributed by atoms with Crippen molar-refractivity contribution in [2.24, 2.45) is 0 Å². The van der Waals surface area contributed by atoms with Crippen LogP contribution in [-0.2, 0) is 10.1 Å². The first-order valence-electron chi connectivity index (χ1n) is 4.12. The average Bonchev–Trinajstić information content (AvgIpc) is 1.99. The second-order valence-electron chi connectivity index (χ2n) is 3.08. The van der Waals surface area contributed by atoms with Crippen LogP contribution < -0.4 is 5.43 Å². The minimum atomic E-state index is -3.93. The third-order valence-corrected chi connectivity index (χ3v) is 2.80. The number of hydrazine groups is 1.